The summed E-state index contributed by atoms with van der Waals surface area (Å²) in [6.07, 6.45) is 3.65. The third kappa shape index (κ3) is 1.89. The summed E-state index contributed by atoms with van der Waals surface area (Å²) in [6.45, 7) is 2.06. The lowest BCUT2D eigenvalue weighted by atomic mass is 10.0. The third-order valence-electron chi connectivity index (χ3n) is 3.18. The Balaban J connectivity index is 2.19. The van der Waals surface area contributed by atoms with Crippen LogP contribution in [0.4, 0.5) is 5.82 Å². The van der Waals surface area contributed by atoms with Crippen molar-refractivity contribution in [3.8, 4) is 22.6 Å². The largest absolute Gasteiger partial charge is 0.382 e. The summed E-state index contributed by atoms with van der Waals surface area (Å²) in [5, 5.41) is 7.08. The number of benzene rings is 1. The Morgan fingerprint density at radius 1 is 1.21 bits per heavy atom. The molecule has 3 rings (SSSR count). The number of imidazole rings is 1. The van der Waals surface area contributed by atoms with E-state index in [0.29, 0.717) is 5.82 Å². The van der Waals surface area contributed by atoms with E-state index in [1.165, 1.54) is 5.56 Å². The van der Waals surface area contributed by atoms with Gasteiger partial charge in [0.1, 0.15) is 5.69 Å². The minimum atomic E-state index is 0.488. The molecule has 0 aliphatic rings. The van der Waals surface area contributed by atoms with Crippen LogP contribution in [0.5, 0.6) is 0 Å². The van der Waals surface area contributed by atoms with Gasteiger partial charge in [-0.25, -0.2) is 4.98 Å². The molecular formula is C14H15N5. The highest BCUT2D eigenvalue weighted by Crippen LogP contribution is 2.33. The van der Waals surface area contributed by atoms with Gasteiger partial charge in [-0.05, 0) is 12.5 Å². The van der Waals surface area contributed by atoms with Gasteiger partial charge >= 0.3 is 0 Å². The average Bonchev–Trinajstić information content (AvgIpc) is 2.97. The molecule has 0 unspecified atom stereocenters. The molecule has 96 valence electrons. The van der Waals surface area contributed by atoms with Crippen LogP contribution in [0.15, 0.2) is 36.7 Å². The van der Waals surface area contributed by atoms with Crippen molar-refractivity contribution >= 4 is 5.82 Å². The first-order valence-corrected chi connectivity index (χ1v) is 6.05. The second-order valence-electron chi connectivity index (χ2n) is 4.59. The summed E-state index contributed by atoms with van der Waals surface area (Å²) in [5.41, 5.74) is 9.98. The highest BCUT2D eigenvalue weighted by Gasteiger charge is 2.17. The van der Waals surface area contributed by atoms with Crippen LogP contribution < -0.4 is 5.73 Å². The molecule has 0 aliphatic carbocycles. The fourth-order valence-corrected chi connectivity index (χ4v) is 2.14. The van der Waals surface area contributed by atoms with Crippen molar-refractivity contribution in [1.82, 2.24) is 19.7 Å². The number of nitrogens with zero attached hydrogens (tertiary/aromatic N) is 3. The second-order valence-corrected chi connectivity index (χ2v) is 4.59. The molecule has 0 amide bonds. The first-order chi connectivity index (χ1) is 9.16. The summed E-state index contributed by atoms with van der Waals surface area (Å²) in [7, 11) is 1.94. The molecule has 1 aromatic carbocycles. The van der Waals surface area contributed by atoms with Crippen molar-refractivity contribution in [3.63, 3.8) is 0 Å². The lowest BCUT2D eigenvalue weighted by molar-refractivity contribution is 0.914. The Hall–Kier alpha value is -2.56. The maximum absolute atomic E-state index is 5.99. The topological polar surface area (TPSA) is 72.5 Å². The first kappa shape index (κ1) is 11.5. The smallest absolute Gasteiger partial charge is 0.158 e. The zero-order chi connectivity index (χ0) is 13.4. The highest BCUT2D eigenvalue weighted by molar-refractivity contribution is 5.85. The predicted octanol–water partition coefficient (Wildman–Crippen LogP) is 2.37. The van der Waals surface area contributed by atoms with E-state index in [9.17, 15) is 0 Å². The molecule has 0 radical (unpaired) electrons. The molecule has 0 spiro atoms. The van der Waals surface area contributed by atoms with E-state index < -0.39 is 0 Å². The summed E-state index contributed by atoms with van der Waals surface area (Å²) in [4.78, 5) is 4.34. The number of nitrogens with two attached hydrogens (primary N) is 1. The van der Waals surface area contributed by atoms with Crippen LogP contribution in [0.3, 0.4) is 0 Å². The van der Waals surface area contributed by atoms with Crippen LogP contribution >= 0.6 is 0 Å². The molecule has 5 nitrogen and oxygen atoms in total. The second kappa shape index (κ2) is 4.28. The van der Waals surface area contributed by atoms with E-state index in [0.717, 1.165) is 22.6 Å². The maximum Gasteiger partial charge on any atom is 0.158 e. The molecule has 2 heterocycles. The average molecular weight is 253 g/mol. The molecule has 3 aromatic rings. The minimum Gasteiger partial charge on any atom is -0.382 e. The molecular weight excluding hydrogens is 238 g/mol. The van der Waals surface area contributed by atoms with Crippen LogP contribution in [0.2, 0.25) is 0 Å². The van der Waals surface area contributed by atoms with Crippen molar-refractivity contribution in [2.24, 2.45) is 7.05 Å². The normalized spacial score (nSPS) is 10.8. The van der Waals surface area contributed by atoms with Crippen LogP contribution in [0.25, 0.3) is 22.6 Å². The van der Waals surface area contributed by atoms with Crippen molar-refractivity contribution in [3.05, 3.63) is 42.2 Å². The van der Waals surface area contributed by atoms with E-state index in [2.05, 4.69) is 34.2 Å². The predicted molar refractivity (Wildman–Crippen MR) is 75.4 cm³/mol. The monoisotopic (exact) mass is 253 g/mol. The molecule has 0 saturated carbocycles. The van der Waals surface area contributed by atoms with Gasteiger partial charge in [0, 0.05) is 19.4 Å². The van der Waals surface area contributed by atoms with E-state index >= 15 is 0 Å². The molecule has 2 aromatic heterocycles. The van der Waals surface area contributed by atoms with Crippen molar-refractivity contribution in [2.75, 3.05) is 5.73 Å². The van der Waals surface area contributed by atoms with E-state index in [1.54, 1.807) is 6.20 Å². The van der Waals surface area contributed by atoms with Crippen molar-refractivity contribution in [2.45, 2.75) is 6.92 Å². The SMILES string of the molecule is Cc1ccc(-c2c(N)n[nH]c2-c2nccn2C)cc1. The van der Waals surface area contributed by atoms with Crippen LogP contribution in [-0.4, -0.2) is 19.7 Å². The van der Waals surface area contributed by atoms with Crippen molar-refractivity contribution in [1.29, 1.82) is 0 Å². The van der Waals surface area contributed by atoms with Crippen LogP contribution in [-0.2, 0) is 7.05 Å². The van der Waals surface area contributed by atoms with Crippen molar-refractivity contribution < 1.29 is 0 Å². The summed E-state index contributed by atoms with van der Waals surface area (Å²) in [6, 6.07) is 8.21. The molecule has 19 heavy (non-hydrogen) atoms. The van der Waals surface area contributed by atoms with Gasteiger partial charge in [0.05, 0.1) is 5.56 Å². The number of nitrogen functional groups attached to an aromatic ring is 1. The molecule has 5 heteroatoms. The van der Waals surface area contributed by atoms with E-state index in [1.807, 2.05) is 29.9 Å². The maximum atomic E-state index is 5.99. The molecule has 0 aliphatic heterocycles. The van der Waals surface area contributed by atoms with Gasteiger partial charge in [0.15, 0.2) is 11.6 Å². The quantitative estimate of drug-likeness (QED) is 0.736. The van der Waals surface area contributed by atoms with E-state index in [-0.39, 0.29) is 0 Å². The number of rotatable bonds is 2. The third-order valence-corrected chi connectivity index (χ3v) is 3.18. The lowest BCUT2D eigenvalue weighted by Gasteiger charge is -2.05. The number of H-pyrrole nitrogens is 1. The minimum absolute atomic E-state index is 0.488. The molecule has 0 bridgehead atoms. The number of aryl methyl sites for hydroxylation is 2. The Kier molecular flexibility index (Phi) is 2.59. The van der Waals surface area contributed by atoms with Gasteiger partial charge < -0.3 is 10.3 Å². The van der Waals surface area contributed by atoms with Gasteiger partial charge in [0.2, 0.25) is 0 Å². The number of anilines is 1. The van der Waals surface area contributed by atoms with Crippen LogP contribution in [0, 0.1) is 6.92 Å². The summed E-state index contributed by atoms with van der Waals surface area (Å²) >= 11 is 0. The Bertz CT molecular complexity index is 706. The van der Waals surface area contributed by atoms with Crippen LogP contribution in [0.1, 0.15) is 5.56 Å². The highest BCUT2D eigenvalue weighted by atomic mass is 15.2. The number of aromatic amines is 1. The number of hydrogen-bond acceptors (Lipinski definition) is 3. The van der Waals surface area contributed by atoms with Gasteiger partial charge in [-0.1, -0.05) is 29.8 Å². The van der Waals surface area contributed by atoms with E-state index in [4.69, 9.17) is 5.73 Å². The molecule has 0 atom stereocenters. The van der Waals surface area contributed by atoms with Gasteiger partial charge in [-0.3, -0.25) is 5.10 Å². The van der Waals surface area contributed by atoms with Gasteiger partial charge in [0.25, 0.3) is 0 Å². The summed E-state index contributed by atoms with van der Waals surface area (Å²) in [5.74, 6) is 1.31. The Morgan fingerprint density at radius 3 is 2.58 bits per heavy atom. The number of nitrogens with one attached hydrogen (secondary N) is 1. The Morgan fingerprint density at radius 2 is 1.95 bits per heavy atom. The summed E-state index contributed by atoms with van der Waals surface area (Å²) < 4.78 is 1.94. The Labute approximate surface area is 111 Å². The van der Waals surface area contributed by atoms with Gasteiger partial charge in [-0.15, -0.1) is 0 Å². The number of hydrogen-bond donors (Lipinski definition) is 2. The zero-order valence-corrected chi connectivity index (χ0v) is 10.9. The molecule has 0 fully saturated rings. The zero-order valence-electron chi connectivity index (χ0n) is 10.9. The molecule has 3 N–H and O–H groups in total. The van der Waals surface area contributed by atoms with Gasteiger partial charge in [-0.2, -0.15) is 5.10 Å². The standard InChI is InChI=1S/C14H15N5/c1-9-3-5-10(6-4-9)11-12(17-18-13(11)15)14-16-7-8-19(14)2/h3-8H,1-2H3,(H3,15,17,18). The number of aromatic nitrogens is 4. The molecule has 0 saturated heterocycles. The fraction of sp³-hybridized carbons (Fsp3) is 0.143. The fourth-order valence-electron chi connectivity index (χ4n) is 2.14. The lowest BCUT2D eigenvalue weighted by Crippen LogP contribution is -1.94. The first-order valence-electron chi connectivity index (χ1n) is 6.05.